The Morgan fingerprint density at radius 1 is 0.875 bits per heavy atom. The maximum atomic E-state index is 11.1. The van der Waals surface area contributed by atoms with Gasteiger partial charge in [-0.05, 0) is 65.3 Å². The van der Waals surface area contributed by atoms with Crippen molar-refractivity contribution in [3.05, 3.63) is 69.3 Å². The fourth-order valence-corrected chi connectivity index (χ4v) is 3.92. The number of allylic oxidation sites excluding steroid dienone is 1. The quantitative estimate of drug-likeness (QED) is 0.447. The SMILES string of the molecule is CC(=CCCc1cc(Cc2cc(C)cc(C(C)(C)C)c2O)c(O)c(C(C)(C)C)c1)C(=O)O. The van der Waals surface area contributed by atoms with Gasteiger partial charge in [0.2, 0.25) is 0 Å². The molecule has 0 fully saturated rings. The van der Waals surface area contributed by atoms with Gasteiger partial charge >= 0.3 is 5.97 Å². The van der Waals surface area contributed by atoms with Crippen LogP contribution in [0.25, 0.3) is 0 Å². The number of aromatic hydroxyl groups is 2. The lowest BCUT2D eigenvalue weighted by atomic mass is 9.81. The third kappa shape index (κ3) is 6.15. The van der Waals surface area contributed by atoms with E-state index in [-0.39, 0.29) is 22.3 Å². The molecule has 2 rings (SSSR count). The van der Waals surface area contributed by atoms with Crippen molar-refractivity contribution >= 4 is 5.97 Å². The van der Waals surface area contributed by atoms with Crippen molar-refractivity contribution in [3.63, 3.8) is 0 Å². The topological polar surface area (TPSA) is 77.8 Å². The number of rotatable bonds is 6. The van der Waals surface area contributed by atoms with E-state index in [1.165, 1.54) is 0 Å². The number of phenols is 2. The number of phenolic OH excluding ortho intramolecular Hbond substituents is 2. The summed E-state index contributed by atoms with van der Waals surface area (Å²) in [6.45, 7) is 16.0. The Balaban J connectivity index is 2.53. The largest absolute Gasteiger partial charge is 0.507 e. The maximum Gasteiger partial charge on any atom is 0.330 e. The van der Waals surface area contributed by atoms with E-state index in [1.54, 1.807) is 13.0 Å². The maximum absolute atomic E-state index is 11.1. The van der Waals surface area contributed by atoms with Gasteiger partial charge in [0, 0.05) is 12.0 Å². The van der Waals surface area contributed by atoms with Crippen LogP contribution in [0.15, 0.2) is 35.9 Å². The standard InChI is InChI=1S/C28H38O4/c1-17-12-20(24(29)22(13-17)27(3,4)5)16-21-14-19(11-9-10-18(2)26(31)32)15-23(25(21)30)28(6,7)8/h10,12-15,29-30H,9,11,16H2,1-8H3,(H,31,32). The zero-order valence-corrected chi connectivity index (χ0v) is 20.8. The molecule has 0 aromatic heterocycles. The second-order valence-corrected chi connectivity index (χ2v) is 10.9. The lowest BCUT2D eigenvalue weighted by Crippen LogP contribution is -2.14. The van der Waals surface area contributed by atoms with E-state index in [1.807, 2.05) is 31.2 Å². The zero-order chi connectivity index (χ0) is 24.4. The molecular weight excluding hydrogens is 400 g/mol. The van der Waals surface area contributed by atoms with Crippen LogP contribution in [-0.4, -0.2) is 21.3 Å². The third-order valence-electron chi connectivity index (χ3n) is 5.80. The molecule has 4 heteroatoms. The predicted octanol–water partition coefficient (Wildman–Crippen LogP) is 6.56. The fraction of sp³-hybridized carbons (Fsp3) is 0.464. The lowest BCUT2D eigenvalue weighted by molar-refractivity contribution is -0.132. The highest BCUT2D eigenvalue weighted by molar-refractivity contribution is 5.85. The molecule has 0 unspecified atom stereocenters. The first-order valence-electron chi connectivity index (χ1n) is 11.2. The van der Waals surface area contributed by atoms with Crippen LogP contribution in [-0.2, 0) is 28.5 Å². The summed E-state index contributed by atoms with van der Waals surface area (Å²) in [7, 11) is 0. The van der Waals surface area contributed by atoms with Gasteiger partial charge in [0.25, 0.3) is 0 Å². The highest BCUT2D eigenvalue weighted by Crippen LogP contribution is 2.39. The number of benzene rings is 2. The number of carbonyl (C=O) groups is 1. The number of hydrogen-bond donors (Lipinski definition) is 3. The van der Waals surface area contributed by atoms with E-state index < -0.39 is 5.97 Å². The van der Waals surface area contributed by atoms with Crippen molar-refractivity contribution in [2.24, 2.45) is 0 Å². The first kappa shape index (κ1) is 25.5. The second-order valence-electron chi connectivity index (χ2n) is 10.9. The van der Waals surface area contributed by atoms with Crippen LogP contribution in [0.5, 0.6) is 11.5 Å². The van der Waals surface area contributed by atoms with Gasteiger partial charge in [0.05, 0.1) is 0 Å². The minimum atomic E-state index is -0.906. The van der Waals surface area contributed by atoms with E-state index in [4.69, 9.17) is 5.11 Å². The number of carboxylic acid groups (broad SMARTS) is 1. The molecule has 3 N–H and O–H groups in total. The van der Waals surface area contributed by atoms with Crippen molar-refractivity contribution in [1.29, 1.82) is 0 Å². The zero-order valence-electron chi connectivity index (χ0n) is 20.8. The molecule has 2 aromatic carbocycles. The molecule has 0 aliphatic heterocycles. The number of aryl methyl sites for hydroxylation is 2. The summed E-state index contributed by atoms with van der Waals surface area (Å²) < 4.78 is 0. The molecule has 0 spiro atoms. The molecule has 0 heterocycles. The van der Waals surface area contributed by atoms with Gasteiger partial charge < -0.3 is 15.3 Å². The second kappa shape index (κ2) is 9.40. The van der Waals surface area contributed by atoms with Crippen LogP contribution in [0, 0.1) is 6.92 Å². The molecule has 0 atom stereocenters. The van der Waals surface area contributed by atoms with Gasteiger partial charge in [-0.25, -0.2) is 4.79 Å². The van der Waals surface area contributed by atoms with Crippen LogP contribution in [0.3, 0.4) is 0 Å². The van der Waals surface area contributed by atoms with E-state index in [2.05, 4.69) is 41.5 Å². The normalized spacial score (nSPS) is 12.8. The van der Waals surface area contributed by atoms with E-state index in [0.717, 1.165) is 33.4 Å². The average Bonchev–Trinajstić information content (AvgIpc) is 2.64. The van der Waals surface area contributed by atoms with Crippen molar-refractivity contribution in [1.82, 2.24) is 0 Å². The van der Waals surface area contributed by atoms with Gasteiger partial charge in [-0.1, -0.05) is 77.4 Å². The first-order valence-corrected chi connectivity index (χ1v) is 11.2. The molecular formula is C28H38O4. The van der Waals surface area contributed by atoms with Gasteiger partial charge in [0.1, 0.15) is 11.5 Å². The van der Waals surface area contributed by atoms with E-state index >= 15 is 0 Å². The minimum absolute atomic E-state index is 0.195. The van der Waals surface area contributed by atoms with Crippen molar-refractivity contribution in [2.75, 3.05) is 0 Å². The Morgan fingerprint density at radius 3 is 1.88 bits per heavy atom. The Bertz CT molecular complexity index is 1030. The minimum Gasteiger partial charge on any atom is -0.507 e. The molecule has 0 bridgehead atoms. The average molecular weight is 439 g/mol. The van der Waals surface area contributed by atoms with E-state index in [9.17, 15) is 15.0 Å². The van der Waals surface area contributed by atoms with E-state index in [0.29, 0.717) is 24.8 Å². The lowest BCUT2D eigenvalue weighted by Gasteiger charge is -2.25. The summed E-state index contributed by atoms with van der Waals surface area (Å²) in [5, 5.41) is 31.2. The monoisotopic (exact) mass is 438 g/mol. The Labute approximate surface area is 192 Å². The Morgan fingerprint density at radius 2 is 1.38 bits per heavy atom. The molecule has 0 saturated heterocycles. The highest BCUT2D eigenvalue weighted by Gasteiger charge is 2.24. The molecule has 2 aromatic rings. The van der Waals surface area contributed by atoms with Gasteiger partial charge in [-0.15, -0.1) is 0 Å². The van der Waals surface area contributed by atoms with Crippen LogP contribution in [0.1, 0.15) is 88.3 Å². The fourth-order valence-electron chi connectivity index (χ4n) is 3.92. The number of aliphatic carboxylic acids is 1. The highest BCUT2D eigenvalue weighted by atomic mass is 16.4. The molecule has 0 aliphatic carbocycles. The van der Waals surface area contributed by atoms with Gasteiger partial charge in [0.15, 0.2) is 0 Å². The summed E-state index contributed by atoms with van der Waals surface area (Å²) in [5.74, 6) is -0.363. The summed E-state index contributed by atoms with van der Waals surface area (Å²) in [5.41, 5.74) is 5.31. The van der Waals surface area contributed by atoms with Crippen LogP contribution >= 0.6 is 0 Å². The molecule has 4 nitrogen and oxygen atoms in total. The molecule has 0 saturated carbocycles. The van der Waals surface area contributed by atoms with Crippen LogP contribution < -0.4 is 0 Å². The molecule has 0 radical (unpaired) electrons. The third-order valence-corrected chi connectivity index (χ3v) is 5.80. The van der Waals surface area contributed by atoms with Crippen LogP contribution in [0.4, 0.5) is 0 Å². The van der Waals surface area contributed by atoms with Gasteiger partial charge in [-0.2, -0.15) is 0 Å². The molecule has 0 aliphatic rings. The van der Waals surface area contributed by atoms with Crippen molar-refractivity contribution in [2.45, 2.75) is 85.5 Å². The van der Waals surface area contributed by atoms with Crippen molar-refractivity contribution < 1.29 is 20.1 Å². The number of hydrogen-bond acceptors (Lipinski definition) is 3. The predicted molar refractivity (Wildman–Crippen MR) is 131 cm³/mol. The van der Waals surface area contributed by atoms with Crippen molar-refractivity contribution in [3.8, 4) is 11.5 Å². The van der Waals surface area contributed by atoms with Crippen LogP contribution in [0.2, 0.25) is 0 Å². The summed E-state index contributed by atoms with van der Waals surface area (Å²) in [4.78, 5) is 11.1. The van der Waals surface area contributed by atoms with Gasteiger partial charge in [-0.3, -0.25) is 0 Å². The smallest absolute Gasteiger partial charge is 0.330 e. The Hall–Kier alpha value is -2.75. The Kier molecular flexibility index (Phi) is 7.49. The molecule has 0 amide bonds. The summed E-state index contributed by atoms with van der Waals surface area (Å²) >= 11 is 0. The molecule has 32 heavy (non-hydrogen) atoms. The summed E-state index contributed by atoms with van der Waals surface area (Å²) in [6, 6.07) is 7.99. The number of carboxylic acids is 1. The summed E-state index contributed by atoms with van der Waals surface area (Å²) in [6.07, 6.45) is 3.43. The first-order chi connectivity index (χ1) is 14.6. The molecule has 174 valence electrons.